The number of carbonyl (C=O) groups is 1. The number of pyridine rings is 1. The van der Waals surface area contributed by atoms with Crippen LogP contribution < -0.4 is 5.32 Å². The van der Waals surface area contributed by atoms with Crippen LogP contribution in [0, 0.1) is 0 Å². The molecular weight excluding hydrogens is 358 g/mol. The van der Waals surface area contributed by atoms with E-state index in [0.717, 1.165) is 10.0 Å². The van der Waals surface area contributed by atoms with Crippen LogP contribution in [0.1, 0.15) is 22.0 Å². The van der Waals surface area contributed by atoms with Crippen LogP contribution >= 0.6 is 15.9 Å². The molecule has 1 N–H and O–H groups in total. The van der Waals surface area contributed by atoms with Gasteiger partial charge in [0, 0.05) is 16.9 Å². The monoisotopic (exact) mass is 371 g/mol. The van der Waals surface area contributed by atoms with E-state index in [1.165, 1.54) is 6.20 Å². The Hall–Kier alpha value is -2.54. The standard InChI is InChI=1S/C16H14BrN5O/c17-14-8-13(9-18-10-14)16(23)21-15(11-22-19-6-7-20-22)12-4-2-1-3-5-12/h1-10,15H,11H2,(H,21,23). The van der Waals surface area contributed by atoms with Gasteiger partial charge in [-0.05, 0) is 27.6 Å². The Balaban J connectivity index is 1.82. The fourth-order valence-corrected chi connectivity index (χ4v) is 2.56. The zero-order valence-electron chi connectivity index (χ0n) is 12.1. The molecule has 6 nitrogen and oxygen atoms in total. The maximum atomic E-state index is 12.5. The van der Waals surface area contributed by atoms with Gasteiger partial charge in [-0.2, -0.15) is 15.0 Å². The molecule has 0 saturated carbocycles. The van der Waals surface area contributed by atoms with Gasteiger partial charge in [-0.15, -0.1) is 0 Å². The molecule has 3 aromatic rings. The number of rotatable bonds is 5. The minimum absolute atomic E-state index is 0.195. The molecule has 1 aromatic carbocycles. The molecule has 0 fully saturated rings. The number of amides is 1. The summed E-state index contributed by atoms with van der Waals surface area (Å²) >= 11 is 3.32. The Labute approximate surface area is 141 Å². The lowest BCUT2D eigenvalue weighted by Crippen LogP contribution is -2.32. The zero-order valence-corrected chi connectivity index (χ0v) is 13.7. The second kappa shape index (κ2) is 7.15. The van der Waals surface area contributed by atoms with E-state index in [1.54, 1.807) is 29.5 Å². The Bertz CT molecular complexity index is 776. The van der Waals surface area contributed by atoms with Gasteiger partial charge in [0.1, 0.15) is 0 Å². The molecule has 0 spiro atoms. The lowest BCUT2D eigenvalue weighted by atomic mass is 10.1. The first kappa shape index (κ1) is 15.4. The maximum absolute atomic E-state index is 12.5. The summed E-state index contributed by atoms with van der Waals surface area (Å²) in [5.74, 6) is -0.195. The number of aromatic nitrogens is 4. The summed E-state index contributed by atoms with van der Waals surface area (Å²) < 4.78 is 0.759. The van der Waals surface area contributed by atoms with E-state index in [1.807, 2.05) is 30.3 Å². The second-order valence-corrected chi connectivity index (χ2v) is 5.83. The SMILES string of the molecule is O=C(NC(Cn1nccn1)c1ccccc1)c1cncc(Br)c1. The van der Waals surface area contributed by atoms with Crippen molar-refractivity contribution in [2.45, 2.75) is 12.6 Å². The minimum atomic E-state index is -0.241. The van der Waals surface area contributed by atoms with Gasteiger partial charge in [-0.3, -0.25) is 9.78 Å². The van der Waals surface area contributed by atoms with Crippen molar-refractivity contribution in [1.29, 1.82) is 0 Å². The van der Waals surface area contributed by atoms with Gasteiger partial charge >= 0.3 is 0 Å². The Morgan fingerprint density at radius 1 is 1.17 bits per heavy atom. The van der Waals surface area contributed by atoms with Crippen molar-refractivity contribution in [3.8, 4) is 0 Å². The van der Waals surface area contributed by atoms with Crippen molar-refractivity contribution in [2.24, 2.45) is 0 Å². The van der Waals surface area contributed by atoms with Gasteiger partial charge < -0.3 is 5.32 Å². The smallest absolute Gasteiger partial charge is 0.253 e. The van der Waals surface area contributed by atoms with Gasteiger partial charge in [0.25, 0.3) is 5.91 Å². The number of hydrogen-bond acceptors (Lipinski definition) is 4. The molecule has 23 heavy (non-hydrogen) atoms. The van der Waals surface area contributed by atoms with Crippen molar-refractivity contribution in [3.05, 3.63) is 76.8 Å². The predicted octanol–water partition coefficient (Wildman–Crippen LogP) is 2.61. The summed E-state index contributed by atoms with van der Waals surface area (Å²) in [6, 6.07) is 11.2. The lowest BCUT2D eigenvalue weighted by Gasteiger charge is -2.18. The van der Waals surface area contributed by atoms with Gasteiger partial charge in [0.2, 0.25) is 0 Å². The van der Waals surface area contributed by atoms with Crippen LogP contribution in [0.15, 0.2) is 65.7 Å². The number of halogens is 1. The largest absolute Gasteiger partial charge is 0.343 e. The molecular formula is C16H14BrN5O. The Morgan fingerprint density at radius 2 is 1.91 bits per heavy atom. The van der Waals surface area contributed by atoms with E-state index in [2.05, 4.69) is 36.4 Å². The summed E-state index contributed by atoms with van der Waals surface area (Å²) in [4.78, 5) is 18.1. The molecule has 0 radical (unpaired) electrons. The molecule has 116 valence electrons. The van der Waals surface area contributed by atoms with E-state index >= 15 is 0 Å². The third-order valence-corrected chi connectivity index (χ3v) is 3.72. The van der Waals surface area contributed by atoms with Crippen LogP contribution in [0.4, 0.5) is 0 Å². The highest BCUT2D eigenvalue weighted by Gasteiger charge is 2.17. The van der Waals surface area contributed by atoms with Crippen molar-refractivity contribution >= 4 is 21.8 Å². The molecule has 0 aliphatic rings. The third kappa shape index (κ3) is 4.01. The summed E-state index contributed by atoms with van der Waals surface area (Å²) in [5, 5.41) is 11.2. The van der Waals surface area contributed by atoms with Gasteiger partial charge in [-0.1, -0.05) is 30.3 Å². The third-order valence-electron chi connectivity index (χ3n) is 3.29. The maximum Gasteiger partial charge on any atom is 0.253 e. The molecule has 0 saturated heterocycles. The average molecular weight is 372 g/mol. The van der Waals surface area contributed by atoms with E-state index < -0.39 is 0 Å². The number of nitrogens with zero attached hydrogens (tertiary/aromatic N) is 4. The first-order valence-corrected chi connectivity index (χ1v) is 7.82. The molecule has 0 aliphatic carbocycles. The minimum Gasteiger partial charge on any atom is -0.343 e. The van der Waals surface area contributed by atoms with Crippen LogP contribution in [0.2, 0.25) is 0 Å². The van der Waals surface area contributed by atoms with Crippen molar-refractivity contribution in [3.63, 3.8) is 0 Å². The summed E-state index contributed by atoms with van der Waals surface area (Å²) in [5.41, 5.74) is 1.48. The van der Waals surface area contributed by atoms with E-state index in [0.29, 0.717) is 12.1 Å². The van der Waals surface area contributed by atoms with Gasteiger partial charge in [-0.25, -0.2) is 0 Å². The predicted molar refractivity (Wildman–Crippen MR) is 88.6 cm³/mol. The number of nitrogens with one attached hydrogen (secondary N) is 1. The summed E-state index contributed by atoms with van der Waals surface area (Å²) in [6.45, 7) is 0.449. The molecule has 2 heterocycles. The Morgan fingerprint density at radius 3 is 2.61 bits per heavy atom. The normalized spacial score (nSPS) is 11.9. The highest BCUT2D eigenvalue weighted by atomic mass is 79.9. The molecule has 1 unspecified atom stereocenters. The van der Waals surface area contributed by atoms with Crippen molar-refractivity contribution in [1.82, 2.24) is 25.3 Å². The highest BCUT2D eigenvalue weighted by Crippen LogP contribution is 2.16. The number of hydrogen-bond donors (Lipinski definition) is 1. The highest BCUT2D eigenvalue weighted by molar-refractivity contribution is 9.10. The van der Waals surface area contributed by atoms with Gasteiger partial charge in [0.05, 0.1) is 30.5 Å². The van der Waals surface area contributed by atoms with Crippen LogP contribution in [-0.2, 0) is 6.54 Å². The molecule has 0 aliphatic heterocycles. The topological polar surface area (TPSA) is 72.7 Å². The first-order chi connectivity index (χ1) is 11.2. The molecule has 0 bridgehead atoms. The van der Waals surface area contributed by atoms with Crippen molar-refractivity contribution < 1.29 is 4.79 Å². The quantitative estimate of drug-likeness (QED) is 0.747. The second-order valence-electron chi connectivity index (χ2n) is 4.91. The molecule has 2 aromatic heterocycles. The molecule has 1 atom stereocenters. The average Bonchev–Trinajstić information content (AvgIpc) is 3.08. The van der Waals surface area contributed by atoms with E-state index in [9.17, 15) is 4.79 Å². The summed E-state index contributed by atoms with van der Waals surface area (Å²) in [7, 11) is 0. The molecule has 3 rings (SSSR count). The molecule has 1 amide bonds. The van der Waals surface area contributed by atoms with Crippen molar-refractivity contribution in [2.75, 3.05) is 0 Å². The molecule has 7 heteroatoms. The number of carbonyl (C=O) groups excluding carboxylic acids is 1. The summed E-state index contributed by atoms with van der Waals surface area (Å²) in [6.07, 6.45) is 6.40. The number of benzene rings is 1. The van der Waals surface area contributed by atoms with Crippen LogP contribution in [0.25, 0.3) is 0 Å². The Kier molecular flexibility index (Phi) is 4.77. The van der Waals surface area contributed by atoms with Crippen LogP contribution in [-0.4, -0.2) is 25.9 Å². The zero-order chi connectivity index (χ0) is 16.1. The lowest BCUT2D eigenvalue weighted by molar-refractivity contribution is 0.0930. The first-order valence-electron chi connectivity index (χ1n) is 7.03. The van der Waals surface area contributed by atoms with E-state index in [4.69, 9.17) is 0 Å². The van der Waals surface area contributed by atoms with Crippen LogP contribution in [0.3, 0.4) is 0 Å². The van der Waals surface area contributed by atoms with Crippen LogP contribution in [0.5, 0.6) is 0 Å². The fourth-order valence-electron chi connectivity index (χ4n) is 2.20. The fraction of sp³-hybridized carbons (Fsp3) is 0.125. The van der Waals surface area contributed by atoms with E-state index in [-0.39, 0.29) is 11.9 Å². The van der Waals surface area contributed by atoms with Gasteiger partial charge in [0.15, 0.2) is 0 Å².